The molecule has 24 heavy (non-hydrogen) atoms. The van der Waals surface area contributed by atoms with E-state index in [4.69, 9.17) is 14.0 Å². The van der Waals surface area contributed by atoms with Crippen molar-refractivity contribution in [2.75, 3.05) is 7.11 Å². The van der Waals surface area contributed by atoms with E-state index < -0.39 is 0 Å². The molecule has 0 N–H and O–H groups in total. The zero-order valence-corrected chi connectivity index (χ0v) is 15.8. The van der Waals surface area contributed by atoms with Crippen molar-refractivity contribution < 1.29 is 14.0 Å². The first-order valence-electron chi connectivity index (χ1n) is 8.32. The Kier molecular flexibility index (Phi) is 5.56. The summed E-state index contributed by atoms with van der Waals surface area (Å²) in [6.45, 7) is 4.18. The Bertz CT molecular complexity index is 651. The van der Waals surface area contributed by atoms with Crippen LogP contribution in [0.4, 0.5) is 0 Å². The number of benzene rings is 1. The molecule has 1 unspecified atom stereocenters. The summed E-state index contributed by atoms with van der Waals surface area (Å²) < 4.78 is 17.9. The minimum Gasteiger partial charge on any atom is -0.482 e. The molecule has 0 bridgehead atoms. The maximum Gasteiger partial charge on any atom is 0.227 e. The smallest absolute Gasteiger partial charge is 0.227 e. The van der Waals surface area contributed by atoms with Crippen LogP contribution >= 0.6 is 15.9 Å². The minimum atomic E-state index is -0.225. The number of nitrogens with zero attached hydrogens (tertiary/aromatic N) is 2. The minimum absolute atomic E-state index is 0.225. The monoisotopic (exact) mass is 394 g/mol. The van der Waals surface area contributed by atoms with Crippen LogP contribution in [0.1, 0.15) is 44.5 Å². The van der Waals surface area contributed by atoms with Gasteiger partial charge < -0.3 is 14.0 Å². The van der Waals surface area contributed by atoms with Crippen molar-refractivity contribution in [1.29, 1.82) is 0 Å². The highest BCUT2D eigenvalue weighted by atomic mass is 79.9. The molecule has 1 atom stereocenters. The van der Waals surface area contributed by atoms with Gasteiger partial charge in [0.1, 0.15) is 5.75 Å². The van der Waals surface area contributed by atoms with Crippen molar-refractivity contribution in [3.8, 4) is 5.75 Å². The van der Waals surface area contributed by atoms with Crippen molar-refractivity contribution in [1.82, 2.24) is 10.1 Å². The predicted octanol–water partition coefficient (Wildman–Crippen LogP) is 4.58. The van der Waals surface area contributed by atoms with Gasteiger partial charge in [0.15, 0.2) is 6.10 Å². The first-order chi connectivity index (χ1) is 11.5. The molecule has 3 rings (SSSR count). The molecule has 0 saturated heterocycles. The number of ether oxygens (including phenoxy) is 2. The fourth-order valence-corrected chi connectivity index (χ4v) is 3.16. The quantitative estimate of drug-likeness (QED) is 0.687. The lowest BCUT2D eigenvalue weighted by Crippen LogP contribution is -2.31. The van der Waals surface area contributed by atoms with Crippen LogP contribution in [0.5, 0.6) is 5.75 Å². The normalized spacial score (nSPS) is 21.5. The van der Waals surface area contributed by atoms with Gasteiger partial charge >= 0.3 is 0 Å². The van der Waals surface area contributed by atoms with Crippen LogP contribution in [0.3, 0.4) is 0 Å². The third kappa shape index (κ3) is 4.16. The Balaban J connectivity index is 1.64. The van der Waals surface area contributed by atoms with Crippen LogP contribution < -0.4 is 4.74 Å². The second kappa shape index (κ2) is 7.66. The zero-order valence-electron chi connectivity index (χ0n) is 14.2. The molecular formula is C18H23BrN2O3. The third-order valence-electron chi connectivity index (χ3n) is 4.41. The van der Waals surface area contributed by atoms with E-state index in [1.54, 1.807) is 7.11 Å². The third-order valence-corrected chi connectivity index (χ3v) is 4.94. The molecule has 1 aliphatic rings. The first kappa shape index (κ1) is 17.4. The average Bonchev–Trinajstić information content (AvgIpc) is 2.97. The summed E-state index contributed by atoms with van der Waals surface area (Å²) in [5.74, 6) is 2.92. The van der Waals surface area contributed by atoms with Crippen LogP contribution in [0, 0.1) is 11.8 Å². The molecule has 1 heterocycles. The number of aromatic nitrogens is 2. The van der Waals surface area contributed by atoms with Gasteiger partial charge in [-0.3, -0.25) is 0 Å². The highest BCUT2D eigenvalue weighted by Gasteiger charge is 2.31. The molecule has 2 aromatic rings. The van der Waals surface area contributed by atoms with Gasteiger partial charge in [-0.05, 0) is 48.9 Å². The number of rotatable bonds is 7. The van der Waals surface area contributed by atoms with Gasteiger partial charge in [-0.2, -0.15) is 4.98 Å². The van der Waals surface area contributed by atoms with E-state index in [9.17, 15) is 0 Å². The molecule has 1 fully saturated rings. The topological polar surface area (TPSA) is 57.4 Å². The summed E-state index contributed by atoms with van der Waals surface area (Å²) in [6, 6.07) is 7.77. The van der Waals surface area contributed by atoms with Crippen molar-refractivity contribution in [3.05, 3.63) is 40.5 Å². The first-order valence-corrected chi connectivity index (χ1v) is 9.12. The molecule has 1 aromatic carbocycles. The van der Waals surface area contributed by atoms with E-state index in [2.05, 4.69) is 39.9 Å². The maximum atomic E-state index is 6.08. The maximum absolute atomic E-state index is 6.08. The Morgan fingerprint density at radius 1 is 1.25 bits per heavy atom. The molecule has 5 nitrogen and oxygen atoms in total. The summed E-state index contributed by atoms with van der Waals surface area (Å²) >= 11 is 3.43. The fourth-order valence-electron chi connectivity index (χ4n) is 2.89. The van der Waals surface area contributed by atoms with Crippen LogP contribution in [0.15, 0.2) is 33.3 Å². The zero-order chi connectivity index (χ0) is 17.1. The van der Waals surface area contributed by atoms with E-state index in [0.29, 0.717) is 23.7 Å². The van der Waals surface area contributed by atoms with Gasteiger partial charge in [-0.25, -0.2) is 0 Å². The summed E-state index contributed by atoms with van der Waals surface area (Å²) in [5.41, 5.74) is 0. The van der Waals surface area contributed by atoms with Gasteiger partial charge in [0, 0.05) is 18.0 Å². The average molecular weight is 395 g/mol. The molecule has 1 saturated carbocycles. The summed E-state index contributed by atoms with van der Waals surface area (Å²) in [4.78, 5) is 4.57. The number of hydrogen-bond acceptors (Lipinski definition) is 5. The summed E-state index contributed by atoms with van der Waals surface area (Å²) in [5, 5.41) is 4.15. The van der Waals surface area contributed by atoms with E-state index in [0.717, 1.165) is 29.5 Å². The Hall–Kier alpha value is -1.40. The van der Waals surface area contributed by atoms with E-state index in [1.807, 2.05) is 24.3 Å². The lowest BCUT2D eigenvalue weighted by atomic mass is 9.80. The van der Waals surface area contributed by atoms with Crippen LogP contribution in [-0.2, 0) is 11.2 Å². The second-order valence-electron chi connectivity index (χ2n) is 6.68. The van der Waals surface area contributed by atoms with E-state index >= 15 is 0 Å². The van der Waals surface area contributed by atoms with Crippen LogP contribution in [0.2, 0.25) is 0 Å². The van der Waals surface area contributed by atoms with Gasteiger partial charge in [0.25, 0.3) is 0 Å². The molecular weight excluding hydrogens is 372 g/mol. The molecule has 0 radical (unpaired) electrons. The van der Waals surface area contributed by atoms with E-state index in [-0.39, 0.29) is 12.0 Å². The molecule has 1 aromatic heterocycles. The van der Waals surface area contributed by atoms with Crippen LogP contribution in [0.25, 0.3) is 0 Å². The Morgan fingerprint density at radius 3 is 2.58 bits per heavy atom. The molecule has 130 valence electrons. The van der Waals surface area contributed by atoms with Crippen molar-refractivity contribution in [2.45, 2.75) is 45.3 Å². The van der Waals surface area contributed by atoms with Gasteiger partial charge in [-0.15, -0.1) is 0 Å². The number of hydrogen-bond donors (Lipinski definition) is 0. The molecule has 1 aliphatic carbocycles. The molecule has 0 aliphatic heterocycles. The van der Waals surface area contributed by atoms with Crippen molar-refractivity contribution in [2.24, 2.45) is 11.8 Å². The molecule has 0 amide bonds. The number of methoxy groups -OCH3 is 1. The van der Waals surface area contributed by atoms with Crippen molar-refractivity contribution >= 4 is 15.9 Å². The van der Waals surface area contributed by atoms with E-state index in [1.165, 1.54) is 0 Å². The molecule has 0 spiro atoms. The summed E-state index contributed by atoms with van der Waals surface area (Å²) in [6.07, 6.45) is 3.11. The second-order valence-corrected chi connectivity index (χ2v) is 7.60. The summed E-state index contributed by atoms with van der Waals surface area (Å²) in [7, 11) is 1.76. The highest BCUT2D eigenvalue weighted by Crippen LogP contribution is 2.33. The lowest BCUT2D eigenvalue weighted by Gasteiger charge is -2.33. The highest BCUT2D eigenvalue weighted by molar-refractivity contribution is 9.10. The Labute approximate surface area is 150 Å². The Morgan fingerprint density at radius 2 is 1.96 bits per heavy atom. The van der Waals surface area contributed by atoms with Gasteiger partial charge in [0.05, 0.1) is 6.10 Å². The standard InChI is InChI=1S/C18H23BrN2O3/c1-11(2)17(23-14-6-4-13(19)5-7-14)18-20-16(24-21-18)10-12-8-15(9-12)22-3/h4-7,11-12,15,17H,8-10H2,1-3H3. The fraction of sp³-hybridized carbons (Fsp3) is 0.556. The largest absolute Gasteiger partial charge is 0.482 e. The van der Waals surface area contributed by atoms with Crippen molar-refractivity contribution in [3.63, 3.8) is 0 Å². The SMILES string of the molecule is COC1CC(Cc2nc(C(Oc3ccc(Br)cc3)C(C)C)no2)C1. The number of halogens is 1. The lowest BCUT2D eigenvalue weighted by molar-refractivity contribution is -0.000799. The van der Waals surface area contributed by atoms with Gasteiger partial charge in [0.2, 0.25) is 11.7 Å². The van der Waals surface area contributed by atoms with Crippen LogP contribution in [-0.4, -0.2) is 23.4 Å². The predicted molar refractivity (Wildman–Crippen MR) is 93.9 cm³/mol. The molecule has 6 heteroatoms. The van der Waals surface area contributed by atoms with Gasteiger partial charge in [-0.1, -0.05) is 34.9 Å².